The Bertz CT molecular complexity index is 311. The number of aromatic nitrogens is 2. The molecule has 0 saturated carbocycles. The quantitative estimate of drug-likeness (QED) is 0.753. The number of nitrogens with zero attached hydrogens (tertiary/aromatic N) is 3. The first-order valence-electron chi connectivity index (χ1n) is 5.20. The van der Waals surface area contributed by atoms with Crippen molar-refractivity contribution in [2.45, 2.75) is 20.8 Å². The monoisotopic (exact) mass is 207 g/mol. The third-order valence-electron chi connectivity index (χ3n) is 2.04. The zero-order chi connectivity index (χ0) is 11.3. The van der Waals surface area contributed by atoms with Gasteiger partial charge in [0.1, 0.15) is 5.69 Å². The van der Waals surface area contributed by atoms with Crippen LogP contribution in [-0.2, 0) is 0 Å². The molecule has 0 spiro atoms. The summed E-state index contributed by atoms with van der Waals surface area (Å²) in [6.07, 6.45) is 4.61. The highest BCUT2D eigenvalue weighted by atomic mass is 16.2. The molecular weight excluding hydrogens is 190 g/mol. The molecule has 0 fully saturated rings. The van der Waals surface area contributed by atoms with E-state index in [1.807, 2.05) is 6.92 Å². The van der Waals surface area contributed by atoms with E-state index in [1.54, 1.807) is 11.1 Å². The van der Waals surface area contributed by atoms with Gasteiger partial charge in [0.05, 0.1) is 6.20 Å². The maximum atomic E-state index is 11.9. The fourth-order valence-corrected chi connectivity index (χ4v) is 1.37. The molecule has 15 heavy (non-hydrogen) atoms. The van der Waals surface area contributed by atoms with Crippen LogP contribution >= 0.6 is 0 Å². The minimum atomic E-state index is -0.0423. The van der Waals surface area contributed by atoms with Gasteiger partial charge in [-0.3, -0.25) is 9.78 Å². The number of amides is 1. The number of carbonyl (C=O) groups is 1. The largest absolute Gasteiger partial charge is 0.337 e. The Morgan fingerprint density at radius 3 is 2.67 bits per heavy atom. The van der Waals surface area contributed by atoms with E-state index < -0.39 is 0 Å². The summed E-state index contributed by atoms with van der Waals surface area (Å²) in [5.41, 5.74) is 0.417. The molecule has 1 aromatic heterocycles. The van der Waals surface area contributed by atoms with E-state index >= 15 is 0 Å². The van der Waals surface area contributed by atoms with Gasteiger partial charge in [-0.25, -0.2) is 4.98 Å². The van der Waals surface area contributed by atoms with Gasteiger partial charge in [-0.1, -0.05) is 13.8 Å². The van der Waals surface area contributed by atoms with Gasteiger partial charge in [0.2, 0.25) is 0 Å². The van der Waals surface area contributed by atoms with Crippen LogP contribution in [0.3, 0.4) is 0 Å². The van der Waals surface area contributed by atoms with Crippen LogP contribution in [0, 0.1) is 5.92 Å². The van der Waals surface area contributed by atoms with Crippen molar-refractivity contribution in [1.29, 1.82) is 0 Å². The van der Waals surface area contributed by atoms with Gasteiger partial charge < -0.3 is 4.90 Å². The first kappa shape index (κ1) is 11.6. The van der Waals surface area contributed by atoms with Crippen molar-refractivity contribution in [3.8, 4) is 0 Å². The van der Waals surface area contributed by atoms with Crippen LogP contribution in [0.4, 0.5) is 0 Å². The Morgan fingerprint density at radius 2 is 2.20 bits per heavy atom. The Morgan fingerprint density at radius 1 is 1.47 bits per heavy atom. The molecule has 0 aliphatic heterocycles. The highest BCUT2D eigenvalue weighted by Crippen LogP contribution is 2.03. The maximum Gasteiger partial charge on any atom is 0.274 e. The molecule has 0 bridgehead atoms. The first-order valence-corrected chi connectivity index (χ1v) is 5.20. The van der Waals surface area contributed by atoms with Gasteiger partial charge >= 0.3 is 0 Å². The lowest BCUT2D eigenvalue weighted by molar-refractivity contribution is 0.0739. The summed E-state index contributed by atoms with van der Waals surface area (Å²) in [5, 5.41) is 0. The average molecular weight is 207 g/mol. The number of hydrogen-bond acceptors (Lipinski definition) is 3. The normalized spacial score (nSPS) is 10.4. The Balaban J connectivity index is 2.74. The number of rotatable bonds is 4. The molecule has 0 aliphatic carbocycles. The van der Waals surface area contributed by atoms with Crippen molar-refractivity contribution >= 4 is 5.91 Å². The van der Waals surface area contributed by atoms with Gasteiger partial charge in [-0.15, -0.1) is 0 Å². The summed E-state index contributed by atoms with van der Waals surface area (Å²) in [4.78, 5) is 21.6. The lowest BCUT2D eigenvalue weighted by atomic mass is 10.2. The summed E-state index contributed by atoms with van der Waals surface area (Å²) in [6.45, 7) is 7.61. The highest BCUT2D eigenvalue weighted by molar-refractivity contribution is 5.91. The maximum absolute atomic E-state index is 11.9. The van der Waals surface area contributed by atoms with E-state index in [-0.39, 0.29) is 5.91 Å². The third kappa shape index (κ3) is 3.31. The summed E-state index contributed by atoms with van der Waals surface area (Å²) in [6, 6.07) is 0. The molecule has 82 valence electrons. The smallest absolute Gasteiger partial charge is 0.274 e. The molecule has 0 atom stereocenters. The van der Waals surface area contributed by atoms with Crippen molar-refractivity contribution in [1.82, 2.24) is 14.9 Å². The van der Waals surface area contributed by atoms with Crippen molar-refractivity contribution in [2.75, 3.05) is 13.1 Å². The lowest BCUT2D eigenvalue weighted by Crippen LogP contribution is -2.34. The predicted octanol–water partition coefficient (Wildman–Crippen LogP) is 1.59. The molecule has 0 aliphatic rings. The zero-order valence-corrected chi connectivity index (χ0v) is 9.47. The van der Waals surface area contributed by atoms with Crippen LogP contribution in [0.2, 0.25) is 0 Å². The van der Waals surface area contributed by atoms with Crippen LogP contribution in [0.15, 0.2) is 18.6 Å². The van der Waals surface area contributed by atoms with Crippen LogP contribution in [-0.4, -0.2) is 33.9 Å². The van der Waals surface area contributed by atoms with E-state index in [4.69, 9.17) is 0 Å². The molecule has 1 aromatic rings. The topological polar surface area (TPSA) is 46.1 Å². The van der Waals surface area contributed by atoms with Gasteiger partial charge in [0.15, 0.2) is 0 Å². The van der Waals surface area contributed by atoms with Crippen LogP contribution in [0.5, 0.6) is 0 Å². The van der Waals surface area contributed by atoms with Crippen molar-refractivity contribution in [3.63, 3.8) is 0 Å². The predicted molar refractivity (Wildman–Crippen MR) is 58.4 cm³/mol. The van der Waals surface area contributed by atoms with Crippen molar-refractivity contribution in [3.05, 3.63) is 24.3 Å². The standard InChI is InChI=1S/C11H17N3O/c1-4-14(8-9(2)3)11(15)10-7-12-5-6-13-10/h5-7,9H,4,8H2,1-3H3. The van der Waals surface area contributed by atoms with Gasteiger partial charge in [0.25, 0.3) is 5.91 Å². The molecule has 1 rings (SSSR count). The Hall–Kier alpha value is -1.45. The second kappa shape index (κ2) is 5.44. The molecule has 1 amide bonds. The lowest BCUT2D eigenvalue weighted by Gasteiger charge is -2.22. The molecule has 0 unspecified atom stereocenters. The number of hydrogen-bond donors (Lipinski definition) is 0. The van der Waals surface area contributed by atoms with Gasteiger partial charge in [-0.05, 0) is 12.8 Å². The Labute approximate surface area is 90.3 Å². The van der Waals surface area contributed by atoms with E-state index in [1.165, 1.54) is 12.4 Å². The SMILES string of the molecule is CCN(CC(C)C)C(=O)c1cnccn1. The fraction of sp³-hybridized carbons (Fsp3) is 0.545. The van der Waals surface area contributed by atoms with E-state index in [0.29, 0.717) is 18.2 Å². The zero-order valence-electron chi connectivity index (χ0n) is 9.47. The molecule has 0 N–H and O–H groups in total. The minimum Gasteiger partial charge on any atom is -0.337 e. The van der Waals surface area contributed by atoms with Gasteiger partial charge in [-0.2, -0.15) is 0 Å². The van der Waals surface area contributed by atoms with Crippen molar-refractivity contribution in [2.24, 2.45) is 5.92 Å². The highest BCUT2D eigenvalue weighted by Gasteiger charge is 2.15. The van der Waals surface area contributed by atoms with E-state index in [9.17, 15) is 4.79 Å². The van der Waals surface area contributed by atoms with E-state index in [2.05, 4.69) is 23.8 Å². The molecule has 0 saturated heterocycles. The Kier molecular flexibility index (Phi) is 4.21. The van der Waals surface area contributed by atoms with Crippen LogP contribution in [0.1, 0.15) is 31.3 Å². The summed E-state index contributed by atoms with van der Waals surface area (Å²) in [7, 11) is 0. The van der Waals surface area contributed by atoms with Gasteiger partial charge in [0, 0.05) is 25.5 Å². The second-order valence-electron chi connectivity index (χ2n) is 3.83. The van der Waals surface area contributed by atoms with Crippen molar-refractivity contribution < 1.29 is 4.79 Å². The summed E-state index contributed by atoms with van der Waals surface area (Å²) < 4.78 is 0. The first-order chi connectivity index (χ1) is 7.15. The molecule has 4 heteroatoms. The average Bonchev–Trinajstić information content (AvgIpc) is 2.26. The molecule has 1 heterocycles. The summed E-state index contributed by atoms with van der Waals surface area (Å²) >= 11 is 0. The second-order valence-corrected chi connectivity index (χ2v) is 3.83. The van der Waals surface area contributed by atoms with E-state index in [0.717, 1.165) is 6.54 Å². The molecular formula is C11H17N3O. The third-order valence-corrected chi connectivity index (χ3v) is 2.04. The molecule has 0 radical (unpaired) electrons. The molecule has 0 aromatic carbocycles. The van der Waals surface area contributed by atoms with Crippen LogP contribution in [0.25, 0.3) is 0 Å². The van der Waals surface area contributed by atoms with Crippen LogP contribution < -0.4 is 0 Å². The number of carbonyl (C=O) groups excluding carboxylic acids is 1. The summed E-state index contributed by atoms with van der Waals surface area (Å²) in [5.74, 6) is 0.421. The minimum absolute atomic E-state index is 0.0423. The fourth-order valence-electron chi connectivity index (χ4n) is 1.37. The molecule has 4 nitrogen and oxygen atoms in total.